The Morgan fingerprint density at radius 2 is 1.89 bits per heavy atom. The maximum Gasteiger partial charge on any atom is 0.220 e. The van der Waals surface area contributed by atoms with Crippen LogP contribution in [0, 0.1) is 5.92 Å². The number of nitrogens with one attached hydrogen (secondary N) is 2. The number of carbonyl (C=O) groups excluding carboxylic acids is 1. The maximum atomic E-state index is 12.6. The first-order chi connectivity index (χ1) is 13.0. The second kappa shape index (κ2) is 8.62. The van der Waals surface area contributed by atoms with Gasteiger partial charge < -0.3 is 10.3 Å². The molecule has 0 spiro atoms. The highest BCUT2D eigenvalue weighted by molar-refractivity contribution is 6.30. The van der Waals surface area contributed by atoms with Gasteiger partial charge in [-0.25, -0.2) is 0 Å². The molecule has 2 aromatic carbocycles. The van der Waals surface area contributed by atoms with Gasteiger partial charge in [0.25, 0.3) is 0 Å². The molecule has 3 rings (SSSR count). The van der Waals surface area contributed by atoms with E-state index in [0.717, 1.165) is 23.1 Å². The monoisotopic (exact) mass is 382 g/mol. The Hall–Kier alpha value is -2.26. The molecule has 142 valence electrons. The number of fused-ring (bicyclic) bond motifs is 1. The maximum absolute atomic E-state index is 12.6. The summed E-state index contributed by atoms with van der Waals surface area (Å²) in [6, 6.07) is 14.2. The molecule has 0 fully saturated rings. The summed E-state index contributed by atoms with van der Waals surface area (Å²) in [5.41, 5.74) is 4.71. The molecule has 0 saturated carbocycles. The van der Waals surface area contributed by atoms with Crippen LogP contribution in [-0.4, -0.2) is 17.4 Å². The van der Waals surface area contributed by atoms with E-state index < -0.39 is 0 Å². The van der Waals surface area contributed by atoms with Crippen molar-refractivity contribution in [3.63, 3.8) is 0 Å². The summed E-state index contributed by atoms with van der Waals surface area (Å²) in [4.78, 5) is 16.0. The van der Waals surface area contributed by atoms with E-state index in [9.17, 15) is 4.79 Å². The van der Waals surface area contributed by atoms with Gasteiger partial charge in [-0.15, -0.1) is 0 Å². The average Bonchev–Trinajstić information content (AvgIpc) is 3.09. The van der Waals surface area contributed by atoms with Crippen molar-refractivity contribution in [3.05, 3.63) is 70.4 Å². The molecule has 2 N–H and O–H groups in total. The normalized spacial score (nSPS) is 12.5. The number of H-pyrrole nitrogens is 1. The Labute approximate surface area is 166 Å². The zero-order valence-corrected chi connectivity index (χ0v) is 16.9. The third-order valence-corrected chi connectivity index (χ3v) is 5.21. The van der Waals surface area contributed by atoms with E-state index in [2.05, 4.69) is 55.5 Å². The van der Waals surface area contributed by atoms with E-state index in [4.69, 9.17) is 11.6 Å². The quantitative estimate of drug-likeness (QED) is 0.542. The zero-order chi connectivity index (χ0) is 19.4. The average molecular weight is 383 g/mol. The Morgan fingerprint density at radius 1 is 1.15 bits per heavy atom. The Balaban J connectivity index is 1.99. The summed E-state index contributed by atoms with van der Waals surface area (Å²) in [6.07, 6.45) is 3.44. The van der Waals surface area contributed by atoms with Crippen LogP contribution in [0.25, 0.3) is 10.9 Å². The van der Waals surface area contributed by atoms with Crippen LogP contribution in [0.2, 0.25) is 5.02 Å². The minimum absolute atomic E-state index is 0.0183. The van der Waals surface area contributed by atoms with Crippen molar-refractivity contribution in [2.24, 2.45) is 5.92 Å². The van der Waals surface area contributed by atoms with Crippen molar-refractivity contribution >= 4 is 28.4 Å². The molecule has 0 unspecified atom stereocenters. The van der Waals surface area contributed by atoms with Gasteiger partial charge >= 0.3 is 0 Å². The number of hydrogen-bond donors (Lipinski definition) is 2. The number of aromatic amines is 1. The number of aryl methyl sites for hydroxylation is 1. The lowest BCUT2D eigenvalue weighted by Crippen LogP contribution is -2.28. The standard InChI is InChI=1S/C23H27ClN2O/c1-4-16-6-5-7-19-21(14-26-23(16)19)20(12-22(27)25-13-15(2)3)17-8-10-18(24)11-9-17/h5-11,14-15,20,26H,4,12-13H2,1-3H3,(H,25,27)/t20-/m1/s1. The Morgan fingerprint density at radius 3 is 2.56 bits per heavy atom. The van der Waals surface area contributed by atoms with Crippen LogP contribution in [0.4, 0.5) is 0 Å². The summed E-state index contributed by atoms with van der Waals surface area (Å²) >= 11 is 6.08. The summed E-state index contributed by atoms with van der Waals surface area (Å²) in [7, 11) is 0. The Kier molecular flexibility index (Phi) is 6.22. The molecule has 0 aliphatic carbocycles. The molecule has 27 heavy (non-hydrogen) atoms. The van der Waals surface area contributed by atoms with E-state index >= 15 is 0 Å². The smallest absolute Gasteiger partial charge is 0.220 e. The molecule has 0 radical (unpaired) electrons. The number of benzene rings is 2. The van der Waals surface area contributed by atoms with Gasteiger partial charge in [0.15, 0.2) is 0 Å². The van der Waals surface area contributed by atoms with Gasteiger partial charge in [-0.2, -0.15) is 0 Å². The lowest BCUT2D eigenvalue weighted by molar-refractivity contribution is -0.121. The fourth-order valence-electron chi connectivity index (χ4n) is 3.50. The van der Waals surface area contributed by atoms with Crippen LogP contribution in [-0.2, 0) is 11.2 Å². The summed E-state index contributed by atoms with van der Waals surface area (Å²) in [5, 5.41) is 4.94. The molecule has 0 bridgehead atoms. The molecule has 1 aromatic heterocycles. The van der Waals surface area contributed by atoms with Gasteiger partial charge in [0.1, 0.15) is 0 Å². The second-order valence-corrected chi connectivity index (χ2v) is 7.88. The molecular formula is C23H27ClN2O. The van der Waals surface area contributed by atoms with E-state index in [0.29, 0.717) is 23.9 Å². The van der Waals surface area contributed by atoms with Gasteiger partial charge in [0, 0.05) is 41.0 Å². The molecule has 1 atom stereocenters. The molecule has 0 saturated heterocycles. The summed E-state index contributed by atoms with van der Waals surface area (Å²) in [6.45, 7) is 7.05. The number of halogens is 1. The SMILES string of the molecule is CCc1cccc2c([C@H](CC(=O)NCC(C)C)c3ccc(Cl)cc3)c[nH]c12. The first kappa shape index (κ1) is 19.5. The van der Waals surface area contributed by atoms with E-state index in [1.54, 1.807) is 0 Å². The number of para-hydroxylation sites is 1. The van der Waals surface area contributed by atoms with Crippen LogP contribution in [0.3, 0.4) is 0 Å². The van der Waals surface area contributed by atoms with Crippen LogP contribution in [0.5, 0.6) is 0 Å². The third kappa shape index (κ3) is 4.54. The van der Waals surface area contributed by atoms with Gasteiger partial charge in [-0.05, 0) is 41.2 Å². The highest BCUT2D eigenvalue weighted by Crippen LogP contribution is 2.35. The lowest BCUT2D eigenvalue weighted by atomic mass is 9.87. The van der Waals surface area contributed by atoms with Crippen LogP contribution in [0.15, 0.2) is 48.7 Å². The van der Waals surface area contributed by atoms with Crippen LogP contribution < -0.4 is 5.32 Å². The second-order valence-electron chi connectivity index (χ2n) is 7.44. The number of hydrogen-bond acceptors (Lipinski definition) is 1. The largest absolute Gasteiger partial charge is 0.361 e. The molecular weight excluding hydrogens is 356 g/mol. The van der Waals surface area contributed by atoms with Gasteiger partial charge in [0.2, 0.25) is 5.91 Å². The molecule has 4 heteroatoms. The van der Waals surface area contributed by atoms with E-state index in [1.165, 1.54) is 10.9 Å². The predicted molar refractivity (Wildman–Crippen MR) is 113 cm³/mol. The van der Waals surface area contributed by atoms with Crippen LogP contribution in [0.1, 0.15) is 49.8 Å². The fraction of sp³-hybridized carbons (Fsp3) is 0.348. The highest BCUT2D eigenvalue weighted by atomic mass is 35.5. The minimum atomic E-state index is -0.0183. The molecule has 3 aromatic rings. The molecule has 1 heterocycles. The molecule has 1 amide bonds. The van der Waals surface area contributed by atoms with E-state index in [-0.39, 0.29) is 11.8 Å². The van der Waals surface area contributed by atoms with Crippen molar-refractivity contribution < 1.29 is 4.79 Å². The highest BCUT2D eigenvalue weighted by Gasteiger charge is 2.22. The predicted octanol–water partition coefficient (Wildman–Crippen LogP) is 5.68. The first-order valence-electron chi connectivity index (χ1n) is 9.60. The fourth-order valence-corrected chi connectivity index (χ4v) is 3.63. The zero-order valence-electron chi connectivity index (χ0n) is 16.2. The van der Waals surface area contributed by atoms with Crippen molar-refractivity contribution in [2.45, 2.75) is 39.5 Å². The van der Waals surface area contributed by atoms with Crippen molar-refractivity contribution in [1.82, 2.24) is 10.3 Å². The number of amides is 1. The molecule has 3 nitrogen and oxygen atoms in total. The number of rotatable bonds is 7. The summed E-state index contributed by atoms with van der Waals surface area (Å²) in [5.74, 6) is 0.489. The number of carbonyl (C=O) groups is 1. The topological polar surface area (TPSA) is 44.9 Å². The molecule has 0 aliphatic rings. The minimum Gasteiger partial charge on any atom is -0.361 e. The summed E-state index contributed by atoms with van der Waals surface area (Å²) < 4.78 is 0. The Bertz CT molecular complexity index is 912. The van der Waals surface area contributed by atoms with E-state index in [1.807, 2.05) is 24.3 Å². The van der Waals surface area contributed by atoms with Gasteiger partial charge in [-0.3, -0.25) is 4.79 Å². The van der Waals surface area contributed by atoms with Gasteiger partial charge in [-0.1, -0.05) is 62.7 Å². The molecule has 0 aliphatic heterocycles. The van der Waals surface area contributed by atoms with Crippen molar-refractivity contribution in [1.29, 1.82) is 0 Å². The lowest BCUT2D eigenvalue weighted by Gasteiger charge is -2.18. The number of aromatic nitrogens is 1. The van der Waals surface area contributed by atoms with Crippen molar-refractivity contribution in [2.75, 3.05) is 6.54 Å². The van der Waals surface area contributed by atoms with Crippen molar-refractivity contribution in [3.8, 4) is 0 Å². The van der Waals surface area contributed by atoms with Crippen LogP contribution >= 0.6 is 11.6 Å². The first-order valence-corrected chi connectivity index (χ1v) is 9.98. The van der Waals surface area contributed by atoms with Gasteiger partial charge in [0.05, 0.1) is 0 Å². The third-order valence-electron chi connectivity index (χ3n) is 4.96.